The van der Waals surface area contributed by atoms with Crippen LogP contribution in [0.5, 0.6) is 11.5 Å². The maximum atomic E-state index is 7.12. The molecule has 1 aliphatic heterocycles. The van der Waals surface area contributed by atoms with Gasteiger partial charge < -0.3 is 14.5 Å². The van der Waals surface area contributed by atoms with Crippen molar-refractivity contribution in [1.82, 2.24) is 9.55 Å². The predicted octanol–water partition coefficient (Wildman–Crippen LogP) is 19.3. The number of anilines is 4. The van der Waals surface area contributed by atoms with Gasteiger partial charge in [0.25, 0.3) is 0 Å². The zero-order valence-electron chi connectivity index (χ0n) is 46.5. The number of ether oxygens (including phenoxy) is 1. The standard InChI is InChI=1S/C71H72N4O/c1-47(2)50-36-57(44-60(37-50)76-59-30-31-61-62-38-49(48-22-16-13-17-23-48)28-32-63(62)75(65(61)45-59)67-43-54(34-35-72-67)69(6,7)8)73-46-74(66-42-53(68(3,4)5)29-33-64(66)73)58-40-55(70(9,10)51-24-18-14-19-25-51)39-56(41-58)71(11,12)52-26-20-15-21-27-52/h13-45,47H,46H2,1-12H3. The van der Waals surface area contributed by atoms with Crippen LogP contribution in [-0.2, 0) is 21.7 Å². The molecule has 0 aliphatic carbocycles. The highest BCUT2D eigenvalue weighted by atomic mass is 16.5. The number of benzene rings is 8. The molecule has 0 atom stereocenters. The lowest BCUT2D eigenvalue weighted by molar-refractivity contribution is 0.482. The molecule has 8 aromatic carbocycles. The average Bonchev–Trinajstić information content (AvgIpc) is 3.99. The average molecular weight is 997 g/mol. The van der Waals surface area contributed by atoms with Crippen LogP contribution < -0.4 is 14.5 Å². The number of pyridine rings is 1. The van der Waals surface area contributed by atoms with Crippen molar-refractivity contribution in [3.63, 3.8) is 0 Å². The van der Waals surface area contributed by atoms with E-state index in [0.29, 0.717) is 6.67 Å². The normalized spacial score (nSPS) is 13.3. The second-order valence-corrected chi connectivity index (χ2v) is 24.5. The zero-order valence-corrected chi connectivity index (χ0v) is 46.5. The summed E-state index contributed by atoms with van der Waals surface area (Å²) in [5.74, 6) is 2.71. The molecule has 5 heteroatoms. The number of fused-ring (bicyclic) bond motifs is 4. The molecule has 0 radical (unpaired) electrons. The van der Waals surface area contributed by atoms with Crippen molar-refractivity contribution in [1.29, 1.82) is 0 Å². The summed E-state index contributed by atoms with van der Waals surface area (Å²) in [5.41, 5.74) is 17.4. The molecule has 1 aliphatic rings. The van der Waals surface area contributed by atoms with Crippen molar-refractivity contribution in [3.05, 3.63) is 239 Å². The smallest absolute Gasteiger partial charge is 0.137 e. The highest BCUT2D eigenvalue weighted by Crippen LogP contribution is 2.50. The van der Waals surface area contributed by atoms with Crippen LogP contribution in [0, 0.1) is 0 Å². The van der Waals surface area contributed by atoms with E-state index < -0.39 is 0 Å². The third-order valence-electron chi connectivity index (χ3n) is 16.2. The monoisotopic (exact) mass is 997 g/mol. The van der Waals surface area contributed by atoms with Crippen LogP contribution in [0.4, 0.5) is 22.7 Å². The number of aromatic nitrogens is 2. The maximum Gasteiger partial charge on any atom is 0.137 e. The molecule has 0 amide bonds. The SMILES string of the molecule is CC(C)c1cc(Oc2ccc3c4cc(-c5ccccc5)ccc4n(-c4cc(C(C)(C)C)ccn4)c3c2)cc(N2CN(c3cc(C(C)(C)c4ccccc4)cc(C(C)(C)c4ccccc4)c3)c3cc(C(C)(C)C)ccc32)c1. The van der Waals surface area contributed by atoms with E-state index in [9.17, 15) is 0 Å². The molecule has 10 aromatic rings. The summed E-state index contributed by atoms with van der Waals surface area (Å²) in [6.45, 7) is 28.3. The number of hydrogen-bond donors (Lipinski definition) is 0. The molecule has 0 saturated heterocycles. The summed E-state index contributed by atoms with van der Waals surface area (Å²) >= 11 is 0. The third kappa shape index (κ3) is 9.35. The summed E-state index contributed by atoms with van der Waals surface area (Å²) in [6.07, 6.45) is 1.94. The topological polar surface area (TPSA) is 33.5 Å². The summed E-state index contributed by atoms with van der Waals surface area (Å²) in [5, 5.41) is 2.32. The van der Waals surface area contributed by atoms with Gasteiger partial charge in [0.2, 0.25) is 0 Å². The fourth-order valence-corrected chi connectivity index (χ4v) is 11.1. The molecule has 0 spiro atoms. The molecule has 11 rings (SSSR count). The van der Waals surface area contributed by atoms with Crippen LogP contribution in [0.1, 0.15) is 128 Å². The van der Waals surface area contributed by atoms with Gasteiger partial charge in [-0.05, 0) is 140 Å². The van der Waals surface area contributed by atoms with E-state index in [0.717, 1.165) is 39.4 Å². The fraction of sp³-hybridized carbons (Fsp3) is 0.254. The Morgan fingerprint density at radius 2 is 1.01 bits per heavy atom. The van der Waals surface area contributed by atoms with E-state index in [1.165, 1.54) is 72.5 Å². The number of rotatable bonds is 11. The maximum absolute atomic E-state index is 7.12. The van der Waals surface area contributed by atoms with Gasteiger partial charge in [0.1, 0.15) is 24.0 Å². The molecular weight excluding hydrogens is 925 g/mol. The Morgan fingerprint density at radius 3 is 1.63 bits per heavy atom. The summed E-state index contributed by atoms with van der Waals surface area (Å²) in [4.78, 5) is 10.0. The molecule has 0 bridgehead atoms. The summed E-state index contributed by atoms with van der Waals surface area (Å²) < 4.78 is 9.42. The number of nitrogens with zero attached hydrogens (tertiary/aromatic N) is 4. The van der Waals surface area contributed by atoms with Crippen LogP contribution in [0.25, 0.3) is 38.8 Å². The lowest BCUT2D eigenvalue weighted by atomic mass is 9.73. The molecule has 0 saturated carbocycles. The summed E-state index contributed by atoms with van der Waals surface area (Å²) in [7, 11) is 0. The molecule has 76 heavy (non-hydrogen) atoms. The van der Waals surface area contributed by atoms with Gasteiger partial charge >= 0.3 is 0 Å². The molecule has 3 heterocycles. The Morgan fingerprint density at radius 1 is 0.421 bits per heavy atom. The Bertz CT molecular complexity index is 3690. The van der Waals surface area contributed by atoms with Gasteiger partial charge in [0.05, 0.1) is 22.4 Å². The predicted molar refractivity (Wildman–Crippen MR) is 321 cm³/mol. The first-order valence-corrected chi connectivity index (χ1v) is 27.1. The second kappa shape index (κ2) is 19.0. The zero-order chi connectivity index (χ0) is 53.3. The molecule has 0 fully saturated rings. The third-order valence-corrected chi connectivity index (χ3v) is 16.2. The first kappa shape index (κ1) is 50.3. The van der Waals surface area contributed by atoms with E-state index in [1.807, 2.05) is 6.20 Å². The molecule has 0 N–H and O–H groups in total. The quantitative estimate of drug-likeness (QED) is 0.129. The van der Waals surface area contributed by atoms with Crippen molar-refractivity contribution in [2.24, 2.45) is 0 Å². The highest BCUT2D eigenvalue weighted by molar-refractivity contribution is 6.10. The first-order chi connectivity index (χ1) is 36.2. The van der Waals surface area contributed by atoms with Gasteiger partial charge in [0, 0.05) is 51.3 Å². The molecule has 0 unspecified atom stereocenters. The summed E-state index contributed by atoms with van der Waals surface area (Å²) in [6, 6.07) is 71.5. The van der Waals surface area contributed by atoms with Crippen LogP contribution in [-0.4, -0.2) is 16.2 Å². The lowest BCUT2D eigenvalue weighted by Gasteiger charge is -2.33. The minimum atomic E-state index is -0.262. The second-order valence-electron chi connectivity index (χ2n) is 24.5. The van der Waals surface area contributed by atoms with E-state index in [4.69, 9.17) is 9.72 Å². The van der Waals surface area contributed by atoms with Gasteiger partial charge in [-0.3, -0.25) is 4.57 Å². The molecule has 382 valence electrons. The van der Waals surface area contributed by atoms with Gasteiger partial charge in [-0.25, -0.2) is 4.98 Å². The van der Waals surface area contributed by atoms with Crippen molar-refractivity contribution < 1.29 is 4.74 Å². The lowest BCUT2D eigenvalue weighted by Crippen LogP contribution is -2.27. The fourth-order valence-electron chi connectivity index (χ4n) is 11.1. The van der Waals surface area contributed by atoms with Gasteiger partial charge in [-0.2, -0.15) is 0 Å². The van der Waals surface area contributed by atoms with Crippen molar-refractivity contribution in [2.45, 2.75) is 111 Å². The molecular formula is C71H72N4O. The Balaban J connectivity index is 1.03. The Labute approximate surface area is 451 Å². The van der Waals surface area contributed by atoms with Crippen molar-refractivity contribution in [2.75, 3.05) is 16.5 Å². The largest absolute Gasteiger partial charge is 0.457 e. The van der Waals surface area contributed by atoms with Crippen LogP contribution >= 0.6 is 0 Å². The van der Waals surface area contributed by atoms with Crippen molar-refractivity contribution >= 4 is 44.6 Å². The van der Waals surface area contributed by atoms with Gasteiger partial charge in [0.15, 0.2) is 0 Å². The van der Waals surface area contributed by atoms with E-state index in [-0.39, 0.29) is 27.6 Å². The van der Waals surface area contributed by atoms with Gasteiger partial charge in [-0.15, -0.1) is 0 Å². The highest BCUT2D eigenvalue weighted by Gasteiger charge is 2.35. The van der Waals surface area contributed by atoms with Crippen molar-refractivity contribution in [3.8, 4) is 28.4 Å². The van der Waals surface area contributed by atoms with Crippen LogP contribution in [0.3, 0.4) is 0 Å². The Hall–Kier alpha value is -7.89. The Kier molecular flexibility index (Phi) is 12.6. The molecule has 2 aromatic heterocycles. The van der Waals surface area contributed by atoms with E-state index in [2.05, 4.69) is 292 Å². The first-order valence-electron chi connectivity index (χ1n) is 27.1. The minimum absolute atomic E-state index is 0.0440. The van der Waals surface area contributed by atoms with E-state index >= 15 is 0 Å². The number of hydrogen-bond acceptors (Lipinski definition) is 4. The molecule has 5 nitrogen and oxygen atoms in total. The van der Waals surface area contributed by atoms with Gasteiger partial charge in [-0.1, -0.05) is 192 Å². The van der Waals surface area contributed by atoms with Crippen LogP contribution in [0.15, 0.2) is 200 Å². The minimum Gasteiger partial charge on any atom is -0.457 e. The van der Waals surface area contributed by atoms with E-state index in [1.54, 1.807) is 0 Å². The van der Waals surface area contributed by atoms with Crippen LogP contribution in [0.2, 0.25) is 0 Å².